The summed E-state index contributed by atoms with van der Waals surface area (Å²) in [6.45, 7) is 0. The van der Waals surface area contributed by atoms with Gasteiger partial charge in [0.25, 0.3) is 5.56 Å². The Morgan fingerprint density at radius 1 is 1.03 bits per heavy atom. The van der Waals surface area contributed by atoms with Crippen molar-refractivity contribution in [3.05, 3.63) is 94.3 Å². The molecule has 0 spiro atoms. The van der Waals surface area contributed by atoms with Crippen LogP contribution < -0.4 is 15.6 Å². The number of aromatic nitrogens is 3. The number of carboxylic acids is 1. The second kappa shape index (κ2) is 7.66. The summed E-state index contributed by atoms with van der Waals surface area (Å²) in [5.41, 5.74) is 2.95. The van der Waals surface area contributed by atoms with E-state index in [-0.39, 0.29) is 11.3 Å². The molecule has 3 aromatic carbocycles. The molecular formula is C24H18N4O4. The van der Waals surface area contributed by atoms with E-state index < -0.39 is 17.7 Å². The normalized spacial score (nSPS) is 14.1. The Bertz CT molecular complexity index is 1380. The molecule has 8 heteroatoms. The molecule has 0 aliphatic carbocycles. The highest BCUT2D eigenvalue weighted by molar-refractivity contribution is 5.87. The summed E-state index contributed by atoms with van der Waals surface area (Å²) in [7, 11) is 1.58. The highest BCUT2D eigenvalue weighted by atomic mass is 16.5. The standard InChI is InChI=1S/C24H18N4O4/c1-32-17-12-10-14(11-13-17)20-23(29)26-22-18-4-2-3-5-19(18)25-21(28(22)27-20)15-6-8-16(9-7-15)24(30)31/h2-13,21,25H,1H3,(H,30,31). The lowest BCUT2D eigenvalue weighted by molar-refractivity contribution is 0.0697. The molecule has 0 radical (unpaired) electrons. The SMILES string of the molecule is COc1ccc(-c2nn3c(nc2=O)-c2ccccc2NC3c2ccc(C(=O)O)cc2)cc1. The van der Waals surface area contributed by atoms with E-state index in [1.807, 2.05) is 24.3 Å². The van der Waals surface area contributed by atoms with Crippen LogP contribution in [0.1, 0.15) is 22.1 Å². The molecule has 0 amide bonds. The molecule has 0 saturated heterocycles. The summed E-state index contributed by atoms with van der Waals surface area (Å²) in [6.07, 6.45) is -0.479. The molecule has 1 aliphatic heterocycles. The predicted octanol–water partition coefficient (Wildman–Crippen LogP) is 3.65. The third kappa shape index (κ3) is 3.27. The molecule has 2 heterocycles. The van der Waals surface area contributed by atoms with Crippen LogP contribution in [0.5, 0.6) is 5.75 Å². The van der Waals surface area contributed by atoms with E-state index in [0.717, 1.165) is 16.8 Å². The molecule has 8 nitrogen and oxygen atoms in total. The number of aromatic carboxylic acids is 1. The van der Waals surface area contributed by atoms with Crippen LogP contribution in [0.15, 0.2) is 77.6 Å². The molecule has 4 aromatic rings. The average molecular weight is 426 g/mol. The second-order valence-corrected chi connectivity index (χ2v) is 7.28. The second-order valence-electron chi connectivity index (χ2n) is 7.28. The number of rotatable bonds is 4. The number of carbonyl (C=O) groups is 1. The van der Waals surface area contributed by atoms with Gasteiger partial charge in [-0.05, 0) is 54.1 Å². The zero-order valence-corrected chi connectivity index (χ0v) is 17.0. The summed E-state index contributed by atoms with van der Waals surface area (Å²) in [6, 6.07) is 21.1. The van der Waals surface area contributed by atoms with Gasteiger partial charge in [-0.2, -0.15) is 10.1 Å². The Balaban J connectivity index is 1.68. The number of nitrogens with one attached hydrogen (secondary N) is 1. The molecule has 1 aromatic heterocycles. The topological polar surface area (TPSA) is 106 Å². The Morgan fingerprint density at radius 3 is 2.44 bits per heavy atom. The van der Waals surface area contributed by atoms with E-state index >= 15 is 0 Å². The van der Waals surface area contributed by atoms with Gasteiger partial charge < -0.3 is 15.2 Å². The van der Waals surface area contributed by atoms with Gasteiger partial charge in [-0.1, -0.05) is 24.3 Å². The molecule has 158 valence electrons. The molecule has 5 rings (SSSR count). The molecule has 0 fully saturated rings. The van der Waals surface area contributed by atoms with E-state index in [2.05, 4.69) is 15.4 Å². The smallest absolute Gasteiger partial charge is 0.335 e. The number of anilines is 1. The predicted molar refractivity (Wildman–Crippen MR) is 119 cm³/mol. The number of ether oxygens (including phenoxy) is 1. The quantitative estimate of drug-likeness (QED) is 0.513. The van der Waals surface area contributed by atoms with Crippen molar-refractivity contribution in [3.63, 3.8) is 0 Å². The first-order valence-corrected chi connectivity index (χ1v) is 9.89. The van der Waals surface area contributed by atoms with Crippen LogP contribution in [-0.4, -0.2) is 33.0 Å². The molecule has 32 heavy (non-hydrogen) atoms. The number of benzene rings is 3. The number of methoxy groups -OCH3 is 1. The molecule has 1 atom stereocenters. The first-order chi connectivity index (χ1) is 15.5. The van der Waals surface area contributed by atoms with Crippen LogP contribution in [0.4, 0.5) is 5.69 Å². The van der Waals surface area contributed by atoms with Crippen molar-refractivity contribution < 1.29 is 14.6 Å². The van der Waals surface area contributed by atoms with Crippen LogP contribution >= 0.6 is 0 Å². The van der Waals surface area contributed by atoms with E-state index in [9.17, 15) is 14.7 Å². The lowest BCUT2D eigenvalue weighted by Crippen LogP contribution is -2.32. The maximum atomic E-state index is 12.9. The highest BCUT2D eigenvalue weighted by Crippen LogP contribution is 2.36. The molecule has 1 aliphatic rings. The van der Waals surface area contributed by atoms with Gasteiger partial charge in [0.1, 0.15) is 11.9 Å². The van der Waals surface area contributed by atoms with E-state index in [0.29, 0.717) is 17.1 Å². The van der Waals surface area contributed by atoms with Gasteiger partial charge in [-0.15, -0.1) is 0 Å². The zero-order valence-electron chi connectivity index (χ0n) is 17.0. The van der Waals surface area contributed by atoms with Crippen molar-refractivity contribution in [1.29, 1.82) is 0 Å². The molecule has 1 unspecified atom stereocenters. The van der Waals surface area contributed by atoms with Gasteiger partial charge in [-0.3, -0.25) is 4.79 Å². The summed E-state index contributed by atoms with van der Waals surface area (Å²) in [5.74, 6) is 0.116. The maximum Gasteiger partial charge on any atom is 0.335 e. The minimum atomic E-state index is -0.996. The number of hydrogen-bond acceptors (Lipinski definition) is 6. The fraction of sp³-hybridized carbons (Fsp3) is 0.0833. The molecule has 0 bridgehead atoms. The number of carboxylic acid groups (broad SMARTS) is 1. The van der Waals surface area contributed by atoms with Gasteiger partial charge in [0.15, 0.2) is 11.5 Å². The van der Waals surface area contributed by atoms with Crippen molar-refractivity contribution in [2.75, 3.05) is 12.4 Å². The van der Waals surface area contributed by atoms with Gasteiger partial charge in [0.2, 0.25) is 0 Å². The average Bonchev–Trinajstić information content (AvgIpc) is 2.83. The van der Waals surface area contributed by atoms with E-state index in [4.69, 9.17) is 4.74 Å². The van der Waals surface area contributed by atoms with Gasteiger partial charge in [0.05, 0.1) is 12.7 Å². The highest BCUT2D eigenvalue weighted by Gasteiger charge is 2.28. The van der Waals surface area contributed by atoms with Gasteiger partial charge in [-0.25, -0.2) is 9.48 Å². The third-order valence-corrected chi connectivity index (χ3v) is 5.38. The van der Waals surface area contributed by atoms with Crippen molar-refractivity contribution >= 4 is 11.7 Å². The third-order valence-electron chi connectivity index (χ3n) is 5.38. The fourth-order valence-corrected chi connectivity index (χ4v) is 3.74. The van der Waals surface area contributed by atoms with Crippen molar-refractivity contribution in [2.45, 2.75) is 6.17 Å². The maximum absolute atomic E-state index is 12.9. The molecular weight excluding hydrogens is 408 g/mol. The first-order valence-electron chi connectivity index (χ1n) is 9.89. The van der Waals surface area contributed by atoms with Crippen molar-refractivity contribution in [3.8, 4) is 28.4 Å². The summed E-state index contributed by atoms with van der Waals surface area (Å²) >= 11 is 0. The van der Waals surface area contributed by atoms with E-state index in [1.54, 1.807) is 60.3 Å². The monoisotopic (exact) mass is 426 g/mol. The lowest BCUT2D eigenvalue weighted by atomic mass is 10.0. The lowest BCUT2D eigenvalue weighted by Gasteiger charge is -2.30. The molecule has 2 N–H and O–H groups in total. The van der Waals surface area contributed by atoms with Crippen molar-refractivity contribution in [2.24, 2.45) is 0 Å². The number of fused-ring (bicyclic) bond motifs is 3. The van der Waals surface area contributed by atoms with Crippen LogP contribution in [0.25, 0.3) is 22.6 Å². The van der Waals surface area contributed by atoms with Crippen LogP contribution in [-0.2, 0) is 0 Å². The van der Waals surface area contributed by atoms with Crippen LogP contribution in [0.2, 0.25) is 0 Å². The first kappa shape index (κ1) is 19.5. The Morgan fingerprint density at radius 2 is 1.75 bits per heavy atom. The molecule has 0 saturated carbocycles. The summed E-state index contributed by atoms with van der Waals surface area (Å²) < 4.78 is 6.86. The van der Waals surface area contributed by atoms with Crippen LogP contribution in [0, 0.1) is 0 Å². The van der Waals surface area contributed by atoms with E-state index in [1.165, 1.54) is 0 Å². The summed E-state index contributed by atoms with van der Waals surface area (Å²) in [5, 5.41) is 17.3. The fourth-order valence-electron chi connectivity index (χ4n) is 3.74. The zero-order chi connectivity index (χ0) is 22.2. The Hall–Kier alpha value is -4.46. The number of hydrogen-bond donors (Lipinski definition) is 2. The van der Waals surface area contributed by atoms with Gasteiger partial charge in [0, 0.05) is 16.8 Å². The Labute approximate surface area is 182 Å². The minimum absolute atomic E-state index is 0.190. The van der Waals surface area contributed by atoms with Crippen LogP contribution in [0.3, 0.4) is 0 Å². The number of para-hydroxylation sites is 1. The minimum Gasteiger partial charge on any atom is -0.497 e. The largest absolute Gasteiger partial charge is 0.497 e. The Kier molecular flexibility index (Phi) is 4.67. The van der Waals surface area contributed by atoms with Crippen molar-refractivity contribution in [1.82, 2.24) is 14.8 Å². The number of nitrogens with zero attached hydrogens (tertiary/aromatic N) is 3. The van der Waals surface area contributed by atoms with Gasteiger partial charge >= 0.3 is 5.97 Å². The summed E-state index contributed by atoms with van der Waals surface area (Å²) in [4.78, 5) is 28.5.